The van der Waals surface area contributed by atoms with E-state index in [-0.39, 0.29) is 11.9 Å². The summed E-state index contributed by atoms with van der Waals surface area (Å²) in [5.74, 6) is -0.528. The molecule has 198 valence electrons. The first-order chi connectivity index (χ1) is 18.7. The number of carbonyl (C=O) groups is 2. The van der Waals surface area contributed by atoms with E-state index in [0.29, 0.717) is 13.2 Å². The van der Waals surface area contributed by atoms with E-state index in [9.17, 15) is 9.59 Å². The zero-order valence-corrected chi connectivity index (χ0v) is 22.2. The van der Waals surface area contributed by atoms with Crippen molar-refractivity contribution in [2.75, 3.05) is 13.2 Å². The van der Waals surface area contributed by atoms with Gasteiger partial charge in [0.25, 0.3) is 0 Å². The minimum Gasteiger partial charge on any atom is -0.463 e. The molecule has 0 unspecified atom stereocenters. The molecule has 2 aromatic rings. The highest BCUT2D eigenvalue weighted by atomic mass is 16.5. The molecule has 0 spiro atoms. The van der Waals surface area contributed by atoms with Crippen molar-refractivity contribution in [2.24, 2.45) is 0 Å². The number of ether oxygens (including phenoxy) is 2. The Bertz CT molecular complexity index is 1090. The highest BCUT2D eigenvalue weighted by Gasteiger charge is 2.12. The molecule has 0 saturated heterocycles. The second-order valence-corrected chi connectivity index (χ2v) is 9.97. The molecule has 0 bridgehead atoms. The molecular weight excluding hydrogens is 472 g/mol. The zero-order valence-electron chi connectivity index (χ0n) is 22.2. The molecule has 4 nitrogen and oxygen atoms in total. The highest BCUT2D eigenvalue weighted by molar-refractivity contribution is 5.85. The van der Waals surface area contributed by atoms with Gasteiger partial charge in [-0.1, -0.05) is 72.8 Å². The maximum Gasteiger partial charge on any atom is 0.331 e. The van der Waals surface area contributed by atoms with Gasteiger partial charge in [0.15, 0.2) is 0 Å². The molecule has 38 heavy (non-hydrogen) atoms. The fourth-order valence-corrected chi connectivity index (χ4v) is 4.98. The van der Waals surface area contributed by atoms with Crippen LogP contribution >= 0.6 is 0 Å². The number of unbranched alkanes of at least 4 members (excludes halogenated alkanes) is 3. The minimum absolute atomic E-state index is 0.264. The van der Waals surface area contributed by atoms with Crippen LogP contribution in [0.5, 0.6) is 0 Å². The van der Waals surface area contributed by atoms with Gasteiger partial charge in [0, 0.05) is 12.2 Å². The third kappa shape index (κ3) is 9.02. The largest absolute Gasteiger partial charge is 0.463 e. The molecule has 0 atom stereocenters. The second-order valence-electron chi connectivity index (χ2n) is 9.97. The molecule has 2 aliphatic rings. The summed E-state index contributed by atoms with van der Waals surface area (Å²) in [6.45, 7) is 0.833. The van der Waals surface area contributed by atoms with E-state index in [2.05, 4.69) is 36.4 Å². The van der Waals surface area contributed by atoms with Gasteiger partial charge < -0.3 is 9.47 Å². The van der Waals surface area contributed by atoms with Gasteiger partial charge in [0.1, 0.15) is 0 Å². The number of carbonyl (C=O) groups excluding carboxylic acids is 2. The van der Waals surface area contributed by atoms with Crippen molar-refractivity contribution >= 4 is 23.1 Å². The summed E-state index contributed by atoms with van der Waals surface area (Å²) >= 11 is 0. The SMILES string of the molecule is O=C(C=C1C=C(c2ccccc2)CCC1)OCCCCCCOC(=O)C=C1C=C(c2ccccc2)CCC1. The number of benzene rings is 2. The summed E-state index contributed by atoms with van der Waals surface area (Å²) in [4.78, 5) is 24.5. The van der Waals surface area contributed by atoms with Crippen LogP contribution in [0.15, 0.2) is 96.1 Å². The van der Waals surface area contributed by atoms with Crippen molar-refractivity contribution in [3.8, 4) is 0 Å². The van der Waals surface area contributed by atoms with Crippen molar-refractivity contribution in [3.63, 3.8) is 0 Å². The molecule has 4 rings (SSSR count). The first-order valence-electron chi connectivity index (χ1n) is 13.9. The van der Waals surface area contributed by atoms with Gasteiger partial charge in [-0.2, -0.15) is 0 Å². The average molecular weight is 511 g/mol. The van der Waals surface area contributed by atoms with Crippen LogP contribution in [0.2, 0.25) is 0 Å². The fraction of sp³-hybridized carbons (Fsp3) is 0.353. The lowest BCUT2D eigenvalue weighted by molar-refractivity contribution is -0.139. The van der Waals surface area contributed by atoms with E-state index in [0.717, 1.165) is 75.4 Å². The summed E-state index contributed by atoms with van der Waals surface area (Å²) in [6.07, 6.45) is 17.0. The normalized spacial score (nSPS) is 17.6. The Balaban J connectivity index is 1.09. The van der Waals surface area contributed by atoms with Crippen molar-refractivity contribution in [1.29, 1.82) is 0 Å². The van der Waals surface area contributed by atoms with Crippen LogP contribution in [0, 0.1) is 0 Å². The van der Waals surface area contributed by atoms with Crippen LogP contribution < -0.4 is 0 Å². The van der Waals surface area contributed by atoms with Gasteiger partial charge in [-0.05, 0) is 97.6 Å². The Morgan fingerprint density at radius 3 is 1.42 bits per heavy atom. The molecule has 0 saturated carbocycles. The molecule has 0 amide bonds. The van der Waals surface area contributed by atoms with E-state index in [1.54, 1.807) is 12.2 Å². The number of hydrogen-bond acceptors (Lipinski definition) is 4. The van der Waals surface area contributed by atoms with E-state index >= 15 is 0 Å². The second kappa shape index (κ2) is 14.9. The Labute approximate surface area is 226 Å². The molecule has 0 heterocycles. The predicted octanol–water partition coefficient (Wildman–Crippen LogP) is 8.02. The number of rotatable bonds is 11. The molecule has 2 aliphatic carbocycles. The predicted molar refractivity (Wildman–Crippen MR) is 153 cm³/mol. The first-order valence-corrected chi connectivity index (χ1v) is 13.9. The minimum atomic E-state index is -0.264. The maximum absolute atomic E-state index is 12.2. The third-order valence-corrected chi connectivity index (χ3v) is 6.97. The zero-order chi connectivity index (χ0) is 26.4. The van der Waals surface area contributed by atoms with Crippen LogP contribution in [-0.2, 0) is 19.1 Å². The monoisotopic (exact) mass is 510 g/mol. The Kier molecular flexibility index (Phi) is 10.8. The molecule has 4 heteroatoms. The topological polar surface area (TPSA) is 52.6 Å². The summed E-state index contributed by atoms with van der Waals surface area (Å²) < 4.78 is 10.8. The summed E-state index contributed by atoms with van der Waals surface area (Å²) in [5, 5.41) is 0. The van der Waals surface area contributed by atoms with Crippen LogP contribution in [-0.4, -0.2) is 25.2 Å². The summed E-state index contributed by atoms with van der Waals surface area (Å²) in [7, 11) is 0. The number of allylic oxidation sites excluding steroid dienone is 6. The van der Waals surface area contributed by atoms with E-state index in [4.69, 9.17) is 9.47 Å². The lowest BCUT2D eigenvalue weighted by Gasteiger charge is -2.15. The molecular formula is C34H38O4. The highest BCUT2D eigenvalue weighted by Crippen LogP contribution is 2.30. The van der Waals surface area contributed by atoms with Crippen LogP contribution in [0.4, 0.5) is 0 Å². The standard InChI is InChI=1S/C34H38O4/c35-33(25-27-13-11-19-31(23-27)29-15-5-3-6-16-29)37-21-9-1-2-10-22-38-34(36)26-28-14-12-20-32(24-28)30-17-7-4-8-18-30/h3-8,15-18,23-26H,1-2,9-14,19-22H2. The Morgan fingerprint density at radius 1 is 0.579 bits per heavy atom. The van der Waals surface area contributed by atoms with Gasteiger partial charge in [-0.3, -0.25) is 0 Å². The molecule has 0 aliphatic heterocycles. The fourth-order valence-electron chi connectivity index (χ4n) is 4.98. The van der Waals surface area contributed by atoms with Gasteiger partial charge in [0.05, 0.1) is 13.2 Å². The molecule has 2 aromatic carbocycles. The average Bonchev–Trinajstić information content (AvgIpc) is 2.95. The molecule has 0 N–H and O–H groups in total. The molecule has 0 fully saturated rings. The molecule has 0 aromatic heterocycles. The van der Waals surface area contributed by atoms with Gasteiger partial charge in [-0.25, -0.2) is 9.59 Å². The van der Waals surface area contributed by atoms with E-state index in [1.165, 1.54) is 22.3 Å². The van der Waals surface area contributed by atoms with Gasteiger partial charge in [0.2, 0.25) is 0 Å². The Hall–Kier alpha value is -3.66. The molecule has 0 radical (unpaired) electrons. The van der Waals surface area contributed by atoms with Gasteiger partial charge >= 0.3 is 11.9 Å². The lowest BCUT2D eigenvalue weighted by Crippen LogP contribution is -2.06. The lowest BCUT2D eigenvalue weighted by atomic mass is 9.90. The van der Waals surface area contributed by atoms with Crippen LogP contribution in [0.1, 0.15) is 75.3 Å². The van der Waals surface area contributed by atoms with Crippen LogP contribution in [0.25, 0.3) is 11.1 Å². The third-order valence-electron chi connectivity index (χ3n) is 6.97. The quantitative estimate of drug-likeness (QED) is 0.174. The summed E-state index contributed by atoms with van der Waals surface area (Å²) in [5.41, 5.74) is 7.07. The van der Waals surface area contributed by atoms with Crippen molar-refractivity contribution < 1.29 is 19.1 Å². The van der Waals surface area contributed by atoms with E-state index in [1.807, 2.05) is 36.4 Å². The smallest absolute Gasteiger partial charge is 0.331 e. The van der Waals surface area contributed by atoms with Crippen molar-refractivity contribution in [2.45, 2.75) is 64.2 Å². The van der Waals surface area contributed by atoms with Crippen molar-refractivity contribution in [3.05, 3.63) is 107 Å². The summed E-state index contributed by atoms with van der Waals surface area (Å²) in [6, 6.07) is 20.7. The van der Waals surface area contributed by atoms with Gasteiger partial charge in [-0.15, -0.1) is 0 Å². The first kappa shape index (κ1) is 27.4. The van der Waals surface area contributed by atoms with E-state index < -0.39 is 0 Å². The number of esters is 2. The Morgan fingerprint density at radius 2 is 1.00 bits per heavy atom. The number of hydrogen-bond donors (Lipinski definition) is 0. The van der Waals surface area contributed by atoms with Crippen LogP contribution in [0.3, 0.4) is 0 Å². The maximum atomic E-state index is 12.2. The van der Waals surface area contributed by atoms with Crippen molar-refractivity contribution in [1.82, 2.24) is 0 Å².